The van der Waals surface area contributed by atoms with Crippen LogP contribution in [0.5, 0.6) is 0 Å². The van der Waals surface area contributed by atoms with Crippen LogP contribution in [-0.4, -0.2) is 52.4 Å². The third-order valence-electron chi connectivity index (χ3n) is 3.27. The van der Waals surface area contributed by atoms with E-state index in [1.54, 1.807) is 17.1 Å². The summed E-state index contributed by atoms with van der Waals surface area (Å²) in [5.74, 6) is 0.0626. The molecule has 18 heavy (non-hydrogen) atoms. The zero-order valence-electron chi connectivity index (χ0n) is 10.8. The molecule has 1 aliphatic rings. The van der Waals surface area contributed by atoms with Gasteiger partial charge in [-0.25, -0.2) is 0 Å². The van der Waals surface area contributed by atoms with Gasteiger partial charge >= 0.3 is 0 Å². The van der Waals surface area contributed by atoms with Gasteiger partial charge < -0.3 is 15.4 Å². The van der Waals surface area contributed by atoms with Gasteiger partial charge in [-0.1, -0.05) is 0 Å². The van der Waals surface area contributed by atoms with Crippen LogP contribution in [-0.2, 0) is 9.53 Å². The van der Waals surface area contributed by atoms with Crippen LogP contribution < -0.4 is 5.73 Å². The molecular weight excluding hydrogens is 232 g/mol. The van der Waals surface area contributed by atoms with Gasteiger partial charge in [0.2, 0.25) is 5.91 Å². The number of morpholine rings is 1. The van der Waals surface area contributed by atoms with Crippen LogP contribution in [0.15, 0.2) is 18.5 Å². The summed E-state index contributed by atoms with van der Waals surface area (Å²) in [6.07, 6.45) is 3.40. The predicted octanol–water partition coefficient (Wildman–Crippen LogP) is 0.0187. The van der Waals surface area contributed by atoms with E-state index in [1.165, 1.54) is 0 Å². The summed E-state index contributed by atoms with van der Waals surface area (Å²) in [6, 6.07) is 1.46. The number of nitrogens with two attached hydrogens (primary N) is 1. The van der Waals surface area contributed by atoms with Crippen molar-refractivity contribution in [3.63, 3.8) is 0 Å². The predicted molar refractivity (Wildman–Crippen MR) is 66.9 cm³/mol. The van der Waals surface area contributed by atoms with Crippen molar-refractivity contribution in [2.75, 3.05) is 19.7 Å². The minimum absolute atomic E-state index is 0.0626. The molecule has 1 saturated heterocycles. The molecule has 1 aromatic rings. The SMILES string of the molecule is CC(N)C1CN(C(=O)C(C)n2cccn2)CCO1. The maximum absolute atomic E-state index is 12.3. The van der Waals surface area contributed by atoms with E-state index in [2.05, 4.69) is 5.10 Å². The number of carbonyl (C=O) groups is 1. The highest BCUT2D eigenvalue weighted by atomic mass is 16.5. The van der Waals surface area contributed by atoms with Gasteiger partial charge in [0.25, 0.3) is 0 Å². The highest BCUT2D eigenvalue weighted by Crippen LogP contribution is 2.14. The molecule has 2 rings (SSSR count). The van der Waals surface area contributed by atoms with Crippen molar-refractivity contribution in [2.24, 2.45) is 5.73 Å². The molecule has 0 saturated carbocycles. The molecular formula is C12H20N4O2. The van der Waals surface area contributed by atoms with Crippen LogP contribution in [0.4, 0.5) is 0 Å². The molecule has 1 aliphatic heterocycles. The molecule has 6 nitrogen and oxygen atoms in total. The van der Waals surface area contributed by atoms with E-state index in [9.17, 15) is 4.79 Å². The first kappa shape index (κ1) is 13.0. The van der Waals surface area contributed by atoms with E-state index < -0.39 is 0 Å². The van der Waals surface area contributed by atoms with E-state index >= 15 is 0 Å². The number of hydrogen-bond donors (Lipinski definition) is 1. The van der Waals surface area contributed by atoms with E-state index in [0.29, 0.717) is 19.7 Å². The van der Waals surface area contributed by atoms with E-state index in [-0.39, 0.29) is 24.1 Å². The molecule has 0 radical (unpaired) electrons. The van der Waals surface area contributed by atoms with E-state index in [1.807, 2.05) is 24.8 Å². The van der Waals surface area contributed by atoms with Gasteiger partial charge in [0, 0.05) is 31.5 Å². The second-order valence-corrected chi connectivity index (χ2v) is 4.71. The molecule has 0 bridgehead atoms. The first-order valence-electron chi connectivity index (χ1n) is 6.24. The highest BCUT2D eigenvalue weighted by Gasteiger charge is 2.29. The molecule has 0 aliphatic carbocycles. The Morgan fingerprint density at radius 3 is 2.94 bits per heavy atom. The molecule has 6 heteroatoms. The number of hydrogen-bond acceptors (Lipinski definition) is 4. The van der Waals surface area contributed by atoms with Crippen LogP contribution in [0.2, 0.25) is 0 Å². The lowest BCUT2D eigenvalue weighted by Gasteiger charge is -2.36. The number of amides is 1. The largest absolute Gasteiger partial charge is 0.373 e. The molecule has 3 atom stereocenters. The third kappa shape index (κ3) is 2.70. The smallest absolute Gasteiger partial charge is 0.247 e. The van der Waals surface area contributed by atoms with Crippen molar-refractivity contribution in [1.82, 2.24) is 14.7 Å². The number of carbonyl (C=O) groups excluding carboxylic acids is 1. The Labute approximate surface area is 107 Å². The third-order valence-corrected chi connectivity index (χ3v) is 3.27. The average molecular weight is 252 g/mol. The van der Waals surface area contributed by atoms with Gasteiger partial charge in [-0.3, -0.25) is 9.48 Å². The Kier molecular flexibility index (Phi) is 3.98. The second kappa shape index (κ2) is 5.49. The van der Waals surface area contributed by atoms with Crippen molar-refractivity contribution in [2.45, 2.75) is 32.0 Å². The fourth-order valence-corrected chi connectivity index (χ4v) is 2.08. The maximum atomic E-state index is 12.3. The van der Waals surface area contributed by atoms with Crippen LogP contribution in [0.1, 0.15) is 19.9 Å². The van der Waals surface area contributed by atoms with Crippen molar-refractivity contribution < 1.29 is 9.53 Å². The van der Waals surface area contributed by atoms with Crippen molar-refractivity contribution in [1.29, 1.82) is 0 Å². The Morgan fingerprint density at radius 1 is 1.56 bits per heavy atom. The minimum atomic E-state index is -0.285. The first-order valence-corrected chi connectivity index (χ1v) is 6.24. The summed E-state index contributed by atoms with van der Waals surface area (Å²) in [5.41, 5.74) is 5.82. The normalized spacial score (nSPS) is 23.7. The van der Waals surface area contributed by atoms with Gasteiger partial charge in [-0.05, 0) is 19.9 Å². The maximum Gasteiger partial charge on any atom is 0.247 e. The number of nitrogens with zero attached hydrogens (tertiary/aromatic N) is 3. The number of ether oxygens (including phenoxy) is 1. The van der Waals surface area contributed by atoms with Crippen molar-refractivity contribution >= 4 is 5.91 Å². The summed E-state index contributed by atoms with van der Waals surface area (Å²) in [4.78, 5) is 14.1. The summed E-state index contributed by atoms with van der Waals surface area (Å²) >= 11 is 0. The molecule has 2 heterocycles. The van der Waals surface area contributed by atoms with Crippen LogP contribution in [0.25, 0.3) is 0 Å². The zero-order chi connectivity index (χ0) is 13.1. The highest BCUT2D eigenvalue weighted by molar-refractivity contribution is 5.80. The van der Waals surface area contributed by atoms with Crippen molar-refractivity contribution in [3.8, 4) is 0 Å². The lowest BCUT2D eigenvalue weighted by molar-refractivity contribution is -0.142. The minimum Gasteiger partial charge on any atom is -0.373 e. The molecule has 100 valence electrons. The Hall–Kier alpha value is -1.40. The monoisotopic (exact) mass is 252 g/mol. The van der Waals surface area contributed by atoms with Crippen LogP contribution in [0.3, 0.4) is 0 Å². The molecule has 1 fully saturated rings. The fourth-order valence-electron chi connectivity index (χ4n) is 2.08. The Bertz CT molecular complexity index is 391. The molecule has 3 unspecified atom stereocenters. The molecule has 2 N–H and O–H groups in total. The van der Waals surface area contributed by atoms with E-state index in [0.717, 1.165) is 0 Å². The zero-order valence-corrected chi connectivity index (χ0v) is 10.8. The average Bonchev–Trinajstić information content (AvgIpc) is 2.91. The van der Waals surface area contributed by atoms with Crippen LogP contribution in [0, 0.1) is 0 Å². The van der Waals surface area contributed by atoms with Gasteiger partial charge in [0.05, 0.1) is 12.7 Å². The molecule has 0 spiro atoms. The standard InChI is InChI=1S/C12H20N4O2/c1-9(13)11-8-15(6-7-18-11)12(17)10(2)16-5-3-4-14-16/h3-5,9-11H,6-8,13H2,1-2H3. The summed E-state index contributed by atoms with van der Waals surface area (Å²) in [6.45, 7) is 5.47. The first-order chi connectivity index (χ1) is 8.59. The quantitative estimate of drug-likeness (QED) is 0.823. The van der Waals surface area contributed by atoms with Crippen LogP contribution >= 0.6 is 0 Å². The fraction of sp³-hybridized carbons (Fsp3) is 0.667. The molecule has 1 aromatic heterocycles. The van der Waals surface area contributed by atoms with Gasteiger partial charge in [-0.15, -0.1) is 0 Å². The Balaban J connectivity index is 2.00. The second-order valence-electron chi connectivity index (χ2n) is 4.71. The van der Waals surface area contributed by atoms with Crippen molar-refractivity contribution in [3.05, 3.63) is 18.5 Å². The molecule has 0 aromatic carbocycles. The summed E-state index contributed by atoms with van der Waals surface area (Å²) in [5, 5.41) is 4.10. The van der Waals surface area contributed by atoms with E-state index in [4.69, 9.17) is 10.5 Å². The molecule has 1 amide bonds. The Morgan fingerprint density at radius 2 is 2.33 bits per heavy atom. The number of rotatable bonds is 3. The summed E-state index contributed by atoms with van der Waals surface area (Å²) in [7, 11) is 0. The lowest BCUT2D eigenvalue weighted by atomic mass is 10.1. The van der Waals surface area contributed by atoms with Gasteiger partial charge in [0.1, 0.15) is 6.04 Å². The summed E-state index contributed by atoms with van der Waals surface area (Å²) < 4.78 is 7.21. The lowest BCUT2D eigenvalue weighted by Crippen LogP contribution is -2.52. The van der Waals surface area contributed by atoms with Gasteiger partial charge in [0.15, 0.2) is 0 Å². The number of aromatic nitrogens is 2. The topological polar surface area (TPSA) is 73.4 Å². The van der Waals surface area contributed by atoms with Gasteiger partial charge in [-0.2, -0.15) is 5.10 Å².